The lowest BCUT2D eigenvalue weighted by Crippen LogP contribution is -2.56. The second-order valence-corrected chi connectivity index (χ2v) is 9.88. The zero-order valence-corrected chi connectivity index (χ0v) is 17.4. The third-order valence-electron chi connectivity index (χ3n) is 6.09. The Kier molecular flexibility index (Phi) is 6.73. The van der Waals surface area contributed by atoms with Crippen molar-refractivity contribution < 1.29 is 17.6 Å². The minimum atomic E-state index is -3.64. The van der Waals surface area contributed by atoms with Crippen LogP contribution in [0.2, 0.25) is 0 Å². The maximum absolute atomic E-state index is 13.1. The number of amides is 1. The molecule has 1 saturated heterocycles. The van der Waals surface area contributed by atoms with Crippen LogP contribution in [-0.2, 0) is 14.8 Å². The van der Waals surface area contributed by atoms with E-state index in [2.05, 4.69) is 12.2 Å². The first-order chi connectivity index (χ1) is 13.3. The summed E-state index contributed by atoms with van der Waals surface area (Å²) in [7, 11) is -3.64. The van der Waals surface area contributed by atoms with Crippen molar-refractivity contribution in [2.75, 3.05) is 26.2 Å². The Hall–Kier alpha value is -1.51. The van der Waals surface area contributed by atoms with Gasteiger partial charge in [-0.2, -0.15) is 4.31 Å². The number of piperazine rings is 1. The summed E-state index contributed by atoms with van der Waals surface area (Å²) in [6.07, 6.45) is 4.57. The van der Waals surface area contributed by atoms with Gasteiger partial charge < -0.3 is 5.32 Å². The van der Waals surface area contributed by atoms with Gasteiger partial charge in [-0.3, -0.25) is 9.69 Å². The first-order valence-electron chi connectivity index (χ1n) is 10.1. The molecule has 0 aromatic heterocycles. The maximum atomic E-state index is 13.1. The van der Waals surface area contributed by atoms with E-state index in [1.807, 2.05) is 11.8 Å². The molecule has 3 rings (SSSR count). The van der Waals surface area contributed by atoms with Crippen molar-refractivity contribution in [3.63, 3.8) is 0 Å². The Morgan fingerprint density at radius 1 is 1.11 bits per heavy atom. The van der Waals surface area contributed by atoms with Crippen molar-refractivity contribution in [2.24, 2.45) is 5.92 Å². The molecule has 1 amide bonds. The van der Waals surface area contributed by atoms with Crippen LogP contribution < -0.4 is 5.32 Å². The smallest absolute Gasteiger partial charge is 0.243 e. The summed E-state index contributed by atoms with van der Waals surface area (Å²) in [6, 6.07) is 4.84. The van der Waals surface area contributed by atoms with Crippen LogP contribution in [0.15, 0.2) is 29.2 Å². The predicted molar refractivity (Wildman–Crippen MR) is 106 cm³/mol. The predicted octanol–water partition coefficient (Wildman–Crippen LogP) is 2.22. The molecule has 1 saturated carbocycles. The van der Waals surface area contributed by atoms with E-state index < -0.39 is 15.8 Å². The number of halogens is 1. The molecule has 1 heterocycles. The summed E-state index contributed by atoms with van der Waals surface area (Å²) in [5, 5.41) is 3.19. The number of benzene rings is 1. The van der Waals surface area contributed by atoms with Gasteiger partial charge in [-0.25, -0.2) is 12.8 Å². The summed E-state index contributed by atoms with van der Waals surface area (Å²) < 4.78 is 39.9. The first-order valence-corrected chi connectivity index (χ1v) is 11.5. The van der Waals surface area contributed by atoms with Crippen molar-refractivity contribution in [2.45, 2.75) is 56.5 Å². The molecule has 1 aliphatic heterocycles. The van der Waals surface area contributed by atoms with E-state index in [1.165, 1.54) is 22.9 Å². The van der Waals surface area contributed by atoms with Gasteiger partial charge in [0, 0.05) is 32.2 Å². The van der Waals surface area contributed by atoms with Crippen LogP contribution in [0.25, 0.3) is 0 Å². The van der Waals surface area contributed by atoms with Crippen molar-refractivity contribution >= 4 is 15.9 Å². The second-order valence-electron chi connectivity index (χ2n) is 7.95. The van der Waals surface area contributed by atoms with E-state index in [-0.39, 0.29) is 22.9 Å². The lowest BCUT2D eigenvalue weighted by Gasteiger charge is -2.38. The van der Waals surface area contributed by atoms with Crippen LogP contribution in [0.1, 0.15) is 39.5 Å². The highest BCUT2D eigenvalue weighted by molar-refractivity contribution is 7.89. The SMILES string of the molecule is C[C@H](C(=O)N[C@H]1CCCC[C@@H]1C)N1CCN(S(=O)(=O)c2ccc(F)cc2)CC1. The van der Waals surface area contributed by atoms with Gasteiger partial charge in [0.25, 0.3) is 0 Å². The largest absolute Gasteiger partial charge is 0.352 e. The molecule has 1 N–H and O–H groups in total. The number of rotatable bonds is 5. The summed E-state index contributed by atoms with van der Waals surface area (Å²) in [4.78, 5) is 14.8. The van der Waals surface area contributed by atoms with Gasteiger partial charge in [-0.15, -0.1) is 0 Å². The minimum Gasteiger partial charge on any atom is -0.352 e. The Balaban J connectivity index is 1.55. The molecule has 1 aromatic carbocycles. The van der Waals surface area contributed by atoms with Gasteiger partial charge in [-0.05, 0) is 49.9 Å². The monoisotopic (exact) mass is 411 g/mol. The fourth-order valence-corrected chi connectivity index (χ4v) is 5.51. The van der Waals surface area contributed by atoms with Crippen LogP contribution in [0.4, 0.5) is 4.39 Å². The lowest BCUT2D eigenvalue weighted by atomic mass is 9.86. The summed E-state index contributed by atoms with van der Waals surface area (Å²) >= 11 is 0. The quantitative estimate of drug-likeness (QED) is 0.807. The number of carbonyl (C=O) groups excluding carboxylic acids is 1. The minimum absolute atomic E-state index is 0.0218. The van der Waals surface area contributed by atoms with E-state index >= 15 is 0 Å². The van der Waals surface area contributed by atoms with Crippen molar-refractivity contribution in [3.8, 4) is 0 Å². The lowest BCUT2D eigenvalue weighted by molar-refractivity contribution is -0.127. The van der Waals surface area contributed by atoms with Gasteiger partial charge in [0.15, 0.2) is 0 Å². The van der Waals surface area contributed by atoms with E-state index in [9.17, 15) is 17.6 Å². The highest BCUT2D eigenvalue weighted by atomic mass is 32.2. The fourth-order valence-electron chi connectivity index (χ4n) is 4.09. The average molecular weight is 412 g/mol. The van der Waals surface area contributed by atoms with E-state index in [1.54, 1.807) is 0 Å². The first kappa shape index (κ1) is 21.2. The Labute approximate surface area is 167 Å². The number of nitrogens with zero attached hydrogens (tertiary/aromatic N) is 2. The Morgan fingerprint density at radius 3 is 2.32 bits per heavy atom. The molecule has 28 heavy (non-hydrogen) atoms. The number of nitrogens with one attached hydrogen (secondary N) is 1. The van der Waals surface area contributed by atoms with Gasteiger partial charge in [0.2, 0.25) is 15.9 Å². The van der Waals surface area contributed by atoms with Crippen molar-refractivity contribution in [1.82, 2.24) is 14.5 Å². The summed E-state index contributed by atoms with van der Waals surface area (Å²) in [6.45, 7) is 5.69. The zero-order chi connectivity index (χ0) is 20.3. The van der Waals surface area contributed by atoms with Crippen molar-refractivity contribution in [1.29, 1.82) is 0 Å². The molecule has 0 spiro atoms. The van der Waals surface area contributed by atoms with Gasteiger partial charge in [-0.1, -0.05) is 19.8 Å². The molecule has 0 unspecified atom stereocenters. The average Bonchev–Trinajstić information content (AvgIpc) is 2.69. The third kappa shape index (κ3) is 4.72. The van der Waals surface area contributed by atoms with E-state index in [0.29, 0.717) is 32.1 Å². The van der Waals surface area contributed by atoms with Crippen molar-refractivity contribution in [3.05, 3.63) is 30.1 Å². The molecule has 8 heteroatoms. The molecular weight excluding hydrogens is 381 g/mol. The molecule has 2 fully saturated rings. The Morgan fingerprint density at radius 2 is 1.71 bits per heavy atom. The zero-order valence-electron chi connectivity index (χ0n) is 16.6. The topological polar surface area (TPSA) is 69.7 Å². The molecular formula is C20H30FN3O3S. The number of hydrogen-bond donors (Lipinski definition) is 1. The third-order valence-corrected chi connectivity index (χ3v) is 8.00. The van der Waals surface area contributed by atoms with E-state index in [0.717, 1.165) is 31.4 Å². The Bertz CT molecular complexity index is 776. The van der Waals surface area contributed by atoms with Crippen LogP contribution in [0.3, 0.4) is 0 Å². The molecule has 156 valence electrons. The molecule has 2 aliphatic rings. The number of sulfonamides is 1. The van der Waals surface area contributed by atoms with Gasteiger partial charge in [0.1, 0.15) is 5.82 Å². The van der Waals surface area contributed by atoms with Crippen LogP contribution in [0.5, 0.6) is 0 Å². The normalized spacial score (nSPS) is 26.0. The molecule has 0 radical (unpaired) electrons. The van der Waals surface area contributed by atoms with E-state index in [4.69, 9.17) is 0 Å². The van der Waals surface area contributed by atoms with Crippen LogP contribution in [0, 0.1) is 11.7 Å². The highest BCUT2D eigenvalue weighted by Crippen LogP contribution is 2.24. The second kappa shape index (κ2) is 8.88. The number of carbonyl (C=O) groups is 1. The molecule has 1 aromatic rings. The highest BCUT2D eigenvalue weighted by Gasteiger charge is 2.33. The van der Waals surface area contributed by atoms with Crippen LogP contribution >= 0.6 is 0 Å². The summed E-state index contributed by atoms with van der Waals surface area (Å²) in [5.41, 5.74) is 0. The molecule has 1 aliphatic carbocycles. The molecule has 3 atom stereocenters. The fraction of sp³-hybridized carbons (Fsp3) is 0.650. The maximum Gasteiger partial charge on any atom is 0.243 e. The van der Waals surface area contributed by atoms with Gasteiger partial charge >= 0.3 is 0 Å². The van der Waals surface area contributed by atoms with Gasteiger partial charge in [0.05, 0.1) is 10.9 Å². The van der Waals surface area contributed by atoms with Crippen LogP contribution in [-0.4, -0.2) is 61.8 Å². The molecule has 6 nitrogen and oxygen atoms in total. The summed E-state index contributed by atoms with van der Waals surface area (Å²) in [5.74, 6) is 0.0621. The number of hydrogen-bond acceptors (Lipinski definition) is 4. The molecule has 0 bridgehead atoms. The standard InChI is InChI=1S/C20H30FN3O3S/c1-15-5-3-4-6-19(15)22-20(25)16(2)23-11-13-24(14-12-23)28(26,27)18-9-7-17(21)8-10-18/h7-10,15-16,19H,3-6,11-14H2,1-2H3,(H,22,25)/t15-,16+,19-/m0/s1.